The van der Waals surface area contributed by atoms with Crippen LogP contribution in [0.15, 0.2) is 18.2 Å². The summed E-state index contributed by atoms with van der Waals surface area (Å²) in [5.41, 5.74) is 6.75. The second kappa shape index (κ2) is 4.33. The van der Waals surface area contributed by atoms with E-state index < -0.39 is 0 Å². The molecule has 2 heterocycles. The van der Waals surface area contributed by atoms with E-state index in [1.165, 1.54) is 4.90 Å². The minimum absolute atomic E-state index is 0.0392. The van der Waals surface area contributed by atoms with Gasteiger partial charge in [0.05, 0.1) is 17.2 Å². The summed E-state index contributed by atoms with van der Waals surface area (Å²) in [6, 6.07) is 4.65. The second-order valence-corrected chi connectivity index (χ2v) is 5.06. The number of likely N-dealkylation sites (tertiary alicyclic amines) is 1. The third-order valence-corrected chi connectivity index (χ3v) is 3.86. The number of nitrogen functional groups attached to an aromatic ring is 1. The van der Waals surface area contributed by atoms with Gasteiger partial charge in [0.1, 0.15) is 0 Å². The van der Waals surface area contributed by atoms with E-state index in [2.05, 4.69) is 0 Å². The van der Waals surface area contributed by atoms with Gasteiger partial charge in [0.15, 0.2) is 0 Å². The van der Waals surface area contributed by atoms with Crippen molar-refractivity contribution in [3.8, 4) is 0 Å². The van der Waals surface area contributed by atoms with Crippen LogP contribution in [0.2, 0.25) is 0 Å². The summed E-state index contributed by atoms with van der Waals surface area (Å²) in [5, 5.41) is 0. The largest absolute Gasteiger partial charge is 0.398 e. The number of nitrogens with two attached hydrogens (primary N) is 1. The van der Waals surface area contributed by atoms with Crippen LogP contribution < -0.4 is 5.73 Å². The van der Waals surface area contributed by atoms with E-state index >= 15 is 0 Å². The summed E-state index contributed by atoms with van der Waals surface area (Å²) in [6.07, 6.45) is 0.432. The van der Waals surface area contributed by atoms with Gasteiger partial charge in [-0.15, -0.1) is 0 Å². The molecule has 0 aromatic heterocycles. The summed E-state index contributed by atoms with van der Waals surface area (Å²) in [7, 11) is 0. The maximum Gasteiger partial charge on any atom is 0.264 e. The SMILES string of the molecule is CCC(=O)N1CC(N2C(=O)c3cccc(N)c3C2=O)C1. The Bertz CT molecular complexity index is 620. The molecule has 3 amide bonds. The molecule has 0 atom stereocenters. The van der Waals surface area contributed by atoms with Crippen LogP contribution in [0.25, 0.3) is 0 Å². The molecule has 1 saturated heterocycles. The smallest absolute Gasteiger partial charge is 0.264 e. The lowest BCUT2D eigenvalue weighted by Gasteiger charge is -2.42. The number of carbonyl (C=O) groups is 3. The van der Waals surface area contributed by atoms with E-state index in [4.69, 9.17) is 5.73 Å². The standard InChI is InChI=1S/C14H15N3O3/c1-2-11(18)16-6-8(7-16)17-13(19)9-4-3-5-10(15)12(9)14(17)20/h3-5,8H,2,6-7,15H2,1H3. The number of amides is 3. The van der Waals surface area contributed by atoms with Crippen molar-refractivity contribution >= 4 is 23.4 Å². The van der Waals surface area contributed by atoms with Gasteiger partial charge in [0.2, 0.25) is 5.91 Å². The van der Waals surface area contributed by atoms with Crippen LogP contribution in [0, 0.1) is 0 Å². The summed E-state index contributed by atoms with van der Waals surface area (Å²) in [4.78, 5) is 39.0. The van der Waals surface area contributed by atoms with Crippen molar-refractivity contribution in [1.82, 2.24) is 9.80 Å². The third-order valence-electron chi connectivity index (χ3n) is 3.86. The Morgan fingerprint density at radius 2 is 2.00 bits per heavy atom. The van der Waals surface area contributed by atoms with Crippen molar-refractivity contribution in [2.24, 2.45) is 0 Å². The van der Waals surface area contributed by atoms with Gasteiger partial charge >= 0.3 is 0 Å². The quantitative estimate of drug-likeness (QED) is 0.627. The minimum atomic E-state index is -0.350. The fourth-order valence-electron chi connectivity index (χ4n) is 2.71. The second-order valence-electron chi connectivity index (χ2n) is 5.06. The van der Waals surface area contributed by atoms with Gasteiger partial charge < -0.3 is 10.6 Å². The fourth-order valence-corrected chi connectivity index (χ4v) is 2.71. The van der Waals surface area contributed by atoms with Crippen molar-refractivity contribution in [3.05, 3.63) is 29.3 Å². The minimum Gasteiger partial charge on any atom is -0.398 e. The molecule has 0 bridgehead atoms. The van der Waals surface area contributed by atoms with Gasteiger partial charge in [-0.05, 0) is 12.1 Å². The maximum atomic E-state index is 12.3. The highest BCUT2D eigenvalue weighted by Crippen LogP contribution is 2.31. The molecule has 3 rings (SSSR count). The number of hydrogen-bond acceptors (Lipinski definition) is 4. The first-order valence-electron chi connectivity index (χ1n) is 6.58. The van der Waals surface area contributed by atoms with E-state index in [-0.39, 0.29) is 29.3 Å². The predicted molar refractivity (Wildman–Crippen MR) is 72.0 cm³/mol. The summed E-state index contributed by atoms with van der Waals surface area (Å²) in [6.45, 7) is 2.62. The van der Waals surface area contributed by atoms with E-state index in [1.807, 2.05) is 0 Å². The van der Waals surface area contributed by atoms with Gasteiger partial charge in [-0.3, -0.25) is 19.3 Å². The monoisotopic (exact) mass is 273 g/mol. The Kier molecular flexibility index (Phi) is 2.74. The molecule has 0 aliphatic carbocycles. The molecule has 1 aromatic carbocycles. The molecule has 0 unspecified atom stereocenters. The number of imide groups is 1. The number of anilines is 1. The van der Waals surface area contributed by atoms with Crippen LogP contribution in [0.5, 0.6) is 0 Å². The average Bonchev–Trinajstić information content (AvgIpc) is 2.63. The Hall–Kier alpha value is -2.37. The fraction of sp³-hybridized carbons (Fsp3) is 0.357. The van der Waals surface area contributed by atoms with E-state index in [1.54, 1.807) is 30.0 Å². The van der Waals surface area contributed by atoms with Gasteiger partial charge in [-0.1, -0.05) is 13.0 Å². The van der Waals surface area contributed by atoms with Gasteiger partial charge in [-0.2, -0.15) is 0 Å². The number of nitrogens with zero attached hydrogens (tertiary/aromatic N) is 2. The number of carbonyl (C=O) groups excluding carboxylic acids is 3. The Labute approximate surface area is 116 Å². The van der Waals surface area contributed by atoms with Crippen LogP contribution in [0.3, 0.4) is 0 Å². The molecule has 1 aromatic rings. The molecule has 0 spiro atoms. The van der Waals surface area contributed by atoms with E-state index in [0.717, 1.165) is 0 Å². The summed E-state index contributed by atoms with van der Waals surface area (Å²) >= 11 is 0. The number of rotatable bonds is 2. The van der Waals surface area contributed by atoms with Crippen LogP contribution in [0.1, 0.15) is 34.1 Å². The Morgan fingerprint density at radius 1 is 1.30 bits per heavy atom. The van der Waals surface area contributed by atoms with E-state index in [9.17, 15) is 14.4 Å². The van der Waals surface area contributed by atoms with Crippen LogP contribution >= 0.6 is 0 Å². The molecule has 1 fully saturated rings. The zero-order chi connectivity index (χ0) is 14.4. The van der Waals surface area contributed by atoms with Crippen LogP contribution in [0.4, 0.5) is 5.69 Å². The molecule has 0 radical (unpaired) electrons. The van der Waals surface area contributed by atoms with Crippen molar-refractivity contribution in [3.63, 3.8) is 0 Å². The topological polar surface area (TPSA) is 83.7 Å². The first-order chi connectivity index (χ1) is 9.54. The van der Waals surface area contributed by atoms with Crippen LogP contribution in [-0.2, 0) is 4.79 Å². The predicted octanol–water partition coefficient (Wildman–Crippen LogP) is 0.486. The highest BCUT2D eigenvalue weighted by molar-refractivity contribution is 6.23. The molecule has 6 heteroatoms. The molecular formula is C14H15N3O3. The number of fused-ring (bicyclic) bond motifs is 1. The first-order valence-corrected chi connectivity index (χ1v) is 6.58. The molecule has 0 saturated carbocycles. The van der Waals surface area contributed by atoms with Crippen molar-refractivity contribution in [1.29, 1.82) is 0 Å². The lowest BCUT2D eigenvalue weighted by atomic mass is 10.1. The van der Waals surface area contributed by atoms with Gasteiger partial charge in [0.25, 0.3) is 11.8 Å². The lowest BCUT2D eigenvalue weighted by Crippen LogP contribution is -2.62. The molecule has 6 nitrogen and oxygen atoms in total. The van der Waals surface area contributed by atoms with E-state index in [0.29, 0.717) is 30.8 Å². The zero-order valence-electron chi connectivity index (χ0n) is 11.1. The molecule has 104 valence electrons. The Morgan fingerprint density at radius 3 is 2.60 bits per heavy atom. The first kappa shape index (κ1) is 12.7. The molecule has 2 N–H and O–H groups in total. The van der Waals surface area contributed by atoms with Gasteiger partial charge in [-0.25, -0.2) is 0 Å². The third kappa shape index (κ3) is 1.61. The lowest BCUT2D eigenvalue weighted by molar-refractivity contribution is -0.137. The number of hydrogen-bond donors (Lipinski definition) is 1. The van der Waals surface area contributed by atoms with Crippen molar-refractivity contribution in [2.45, 2.75) is 19.4 Å². The molecule has 20 heavy (non-hydrogen) atoms. The molecule has 2 aliphatic heterocycles. The molecule has 2 aliphatic rings. The number of benzene rings is 1. The summed E-state index contributed by atoms with van der Waals surface area (Å²) < 4.78 is 0. The highest BCUT2D eigenvalue weighted by Gasteiger charge is 2.46. The highest BCUT2D eigenvalue weighted by atomic mass is 16.2. The Balaban J connectivity index is 1.82. The molecular weight excluding hydrogens is 258 g/mol. The van der Waals surface area contributed by atoms with Crippen molar-refractivity contribution in [2.75, 3.05) is 18.8 Å². The maximum absolute atomic E-state index is 12.3. The zero-order valence-corrected chi connectivity index (χ0v) is 11.1. The average molecular weight is 273 g/mol. The normalized spacial score (nSPS) is 18.2. The van der Waals surface area contributed by atoms with Crippen molar-refractivity contribution < 1.29 is 14.4 Å². The van der Waals surface area contributed by atoms with Gasteiger partial charge in [0, 0.05) is 25.2 Å². The summed E-state index contributed by atoms with van der Waals surface area (Å²) in [5.74, 6) is -0.625. The van der Waals surface area contributed by atoms with Crippen LogP contribution in [-0.4, -0.2) is 46.7 Å².